The van der Waals surface area contributed by atoms with E-state index in [1.54, 1.807) is 6.92 Å². The molecule has 0 bridgehead atoms. The van der Waals surface area contributed by atoms with Gasteiger partial charge in [-0.05, 0) is 28.4 Å². The van der Waals surface area contributed by atoms with Gasteiger partial charge in [0, 0.05) is 6.20 Å². The van der Waals surface area contributed by atoms with Gasteiger partial charge in [0.2, 0.25) is 0 Å². The molecule has 0 aliphatic carbocycles. The summed E-state index contributed by atoms with van der Waals surface area (Å²) in [4.78, 5) is 14.3. The lowest BCUT2D eigenvalue weighted by molar-refractivity contribution is 0.0695. The number of anilines is 1. The molecule has 0 aliphatic rings. The summed E-state index contributed by atoms with van der Waals surface area (Å²) >= 11 is 3.15. The number of halogens is 1. The van der Waals surface area contributed by atoms with Crippen LogP contribution in [0, 0.1) is 6.92 Å². The maximum atomic E-state index is 10.6. The summed E-state index contributed by atoms with van der Waals surface area (Å²) in [6.07, 6.45) is 1.25. The molecule has 0 unspecified atom stereocenters. The van der Waals surface area contributed by atoms with Gasteiger partial charge in [-0.3, -0.25) is 0 Å². The van der Waals surface area contributed by atoms with E-state index < -0.39 is 5.97 Å². The Morgan fingerprint density at radius 1 is 1.75 bits per heavy atom. The zero-order valence-electron chi connectivity index (χ0n) is 6.34. The van der Waals surface area contributed by atoms with E-state index in [-0.39, 0.29) is 5.56 Å². The van der Waals surface area contributed by atoms with Gasteiger partial charge in [0.25, 0.3) is 0 Å². The fourth-order valence-electron chi connectivity index (χ4n) is 0.814. The molecule has 0 saturated heterocycles. The van der Waals surface area contributed by atoms with Crippen LogP contribution in [-0.4, -0.2) is 16.1 Å². The van der Waals surface area contributed by atoms with Crippen molar-refractivity contribution in [3.8, 4) is 0 Å². The summed E-state index contributed by atoms with van der Waals surface area (Å²) in [6.45, 7) is 1.67. The molecule has 12 heavy (non-hydrogen) atoms. The van der Waals surface area contributed by atoms with Gasteiger partial charge in [0.1, 0.15) is 5.82 Å². The first-order valence-corrected chi connectivity index (χ1v) is 3.97. The van der Waals surface area contributed by atoms with Crippen LogP contribution in [0.5, 0.6) is 0 Å². The first kappa shape index (κ1) is 8.99. The number of nitrogens with two attached hydrogens (primary N) is 1. The highest BCUT2D eigenvalue weighted by atomic mass is 79.9. The minimum atomic E-state index is -0.999. The van der Waals surface area contributed by atoms with Crippen LogP contribution in [0.1, 0.15) is 15.9 Å². The molecule has 0 saturated carbocycles. The van der Waals surface area contributed by atoms with Crippen LogP contribution >= 0.6 is 15.9 Å². The zero-order chi connectivity index (χ0) is 9.30. The number of pyridine rings is 1. The van der Waals surface area contributed by atoms with Gasteiger partial charge in [-0.2, -0.15) is 0 Å². The standard InChI is InChI=1S/C7H7BrN2O2/c1-3-4(7(11)12)2-10-6(9)5(3)8/h2H,1H3,(H2,9,10)(H,11,12). The second-order valence-corrected chi connectivity index (χ2v) is 3.09. The van der Waals surface area contributed by atoms with Gasteiger partial charge < -0.3 is 10.8 Å². The van der Waals surface area contributed by atoms with Crippen LogP contribution in [-0.2, 0) is 0 Å². The second-order valence-electron chi connectivity index (χ2n) is 2.30. The Hall–Kier alpha value is -1.10. The van der Waals surface area contributed by atoms with Crippen LogP contribution in [0.4, 0.5) is 5.82 Å². The average molecular weight is 231 g/mol. The lowest BCUT2D eigenvalue weighted by atomic mass is 10.1. The Bertz CT molecular complexity index is 338. The largest absolute Gasteiger partial charge is 0.478 e. The normalized spacial score (nSPS) is 9.83. The van der Waals surface area contributed by atoms with Crippen molar-refractivity contribution in [3.63, 3.8) is 0 Å². The van der Waals surface area contributed by atoms with Crippen molar-refractivity contribution in [2.75, 3.05) is 5.73 Å². The lowest BCUT2D eigenvalue weighted by Crippen LogP contribution is -2.03. The third kappa shape index (κ3) is 1.40. The van der Waals surface area contributed by atoms with E-state index in [1.165, 1.54) is 6.20 Å². The maximum Gasteiger partial charge on any atom is 0.337 e. The average Bonchev–Trinajstić information content (AvgIpc) is 2.00. The van der Waals surface area contributed by atoms with Gasteiger partial charge in [-0.15, -0.1) is 0 Å². The second kappa shape index (κ2) is 3.10. The highest BCUT2D eigenvalue weighted by molar-refractivity contribution is 9.10. The first-order valence-electron chi connectivity index (χ1n) is 3.18. The summed E-state index contributed by atoms with van der Waals surface area (Å²) in [5, 5.41) is 8.68. The van der Waals surface area contributed by atoms with E-state index in [1.807, 2.05) is 0 Å². The summed E-state index contributed by atoms with van der Waals surface area (Å²) in [5.41, 5.74) is 6.19. The number of rotatable bonds is 1. The molecular weight excluding hydrogens is 224 g/mol. The quantitative estimate of drug-likeness (QED) is 0.766. The smallest absolute Gasteiger partial charge is 0.337 e. The summed E-state index contributed by atoms with van der Waals surface area (Å²) in [5.74, 6) is -0.696. The van der Waals surface area contributed by atoms with Crippen molar-refractivity contribution >= 4 is 27.7 Å². The lowest BCUT2D eigenvalue weighted by Gasteiger charge is -2.04. The maximum absolute atomic E-state index is 10.6. The van der Waals surface area contributed by atoms with Gasteiger partial charge in [0.05, 0.1) is 10.0 Å². The molecule has 3 N–H and O–H groups in total. The zero-order valence-corrected chi connectivity index (χ0v) is 7.92. The van der Waals surface area contributed by atoms with Crippen molar-refractivity contribution in [1.29, 1.82) is 0 Å². The van der Waals surface area contributed by atoms with Crippen LogP contribution in [0.25, 0.3) is 0 Å². The molecule has 0 radical (unpaired) electrons. The number of carbonyl (C=O) groups is 1. The molecule has 0 fully saturated rings. The molecular formula is C7H7BrN2O2. The number of hydrogen-bond donors (Lipinski definition) is 2. The van der Waals surface area contributed by atoms with Crippen LogP contribution in [0.3, 0.4) is 0 Å². The van der Waals surface area contributed by atoms with E-state index >= 15 is 0 Å². The third-order valence-corrected chi connectivity index (χ3v) is 2.52. The van der Waals surface area contributed by atoms with Crippen molar-refractivity contribution in [2.24, 2.45) is 0 Å². The van der Waals surface area contributed by atoms with Crippen LogP contribution < -0.4 is 5.73 Å². The molecule has 5 heteroatoms. The molecule has 4 nitrogen and oxygen atoms in total. The van der Waals surface area contributed by atoms with E-state index in [0.29, 0.717) is 15.9 Å². The molecule has 64 valence electrons. The van der Waals surface area contributed by atoms with Crippen LogP contribution in [0.15, 0.2) is 10.7 Å². The Labute approximate surface area is 77.5 Å². The predicted molar refractivity (Wildman–Crippen MR) is 48.0 cm³/mol. The minimum Gasteiger partial charge on any atom is -0.478 e. The fourth-order valence-corrected chi connectivity index (χ4v) is 1.13. The van der Waals surface area contributed by atoms with Gasteiger partial charge in [-0.25, -0.2) is 9.78 Å². The monoisotopic (exact) mass is 230 g/mol. The molecule has 0 spiro atoms. The van der Waals surface area contributed by atoms with Gasteiger partial charge >= 0.3 is 5.97 Å². The Morgan fingerprint density at radius 2 is 2.33 bits per heavy atom. The third-order valence-electron chi connectivity index (χ3n) is 1.52. The number of carboxylic acids is 1. The molecule has 0 aliphatic heterocycles. The summed E-state index contributed by atoms with van der Waals surface area (Å²) in [6, 6.07) is 0. The molecule has 0 atom stereocenters. The number of aromatic carboxylic acids is 1. The van der Waals surface area contributed by atoms with Crippen molar-refractivity contribution in [2.45, 2.75) is 6.92 Å². The number of carboxylic acid groups (broad SMARTS) is 1. The molecule has 0 aromatic carbocycles. The molecule has 1 aromatic heterocycles. The SMILES string of the molecule is Cc1c(C(=O)O)cnc(N)c1Br. The van der Waals surface area contributed by atoms with Crippen molar-refractivity contribution in [1.82, 2.24) is 4.98 Å². The van der Waals surface area contributed by atoms with E-state index in [0.717, 1.165) is 0 Å². The molecule has 1 aromatic rings. The predicted octanol–water partition coefficient (Wildman–Crippen LogP) is 1.43. The van der Waals surface area contributed by atoms with Gasteiger partial charge in [0.15, 0.2) is 0 Å². The van der Waals surface area contributed by atoms with E-state index in [2.05, 4.69) is 20.9 Å². The van der Waals surface area contributed by atoms with Crippen LogP contribution in [0.2, 0.25) is 0 Å². The summed E-state index contributed by atoms with van der Waals surface area (Å²) in [7, 11) is 0. The van der Waals surface area contributed by atoms with E-state index in [9.17, 15) is 4.79 Å². The number of nitrogen functional groups attached to an aromatic ring is 1. The topological polar surface area (TPSA) is 76.2 Å². The minimum absolute atomic E-state index is 0.163. The molecule has 1 heterocycles. The number of hydrogen-bond acceptors (Lipinski definition) is 3. The number of nitrogens with zero attached hydrogens (tertiary/aromatic N) is 1. The van der Waals surface area contributed by atoms with Crippen molar-refractivity contribution in [3.05, 3.63) is 21.8 Å². The Morgan fingerprint density at radius 3 is 2.83 bits per heavy atom. The highest BCUT2D eigenvalue weighted by Crippen LogP contribution is 2.23. The molecule has 1 rings (SSSR count). The van der Waals surface area contributed by atoms with Crippen molar-refractivity contribution < 1.29 is 9.90 Å². The fraction of sp³-hybridized carbons (Fsp3) is 0.143. The Kier molecular flexibility index (Phi) is 2.32. The highest BCUT2D eigenvalue weighted by Gasteiger charge is 2.11. The summed E-state index contributed by atoms with van der Waals surface area (Å²) < 4.78 is 0.544. The Balaban J connectivity index is 3.36. The first-order chi connectivity index (χ1) is 5.54. The van der Waals surface area contributed by atoms with E-state index in [4.69, 9.17) is 10.8 Å². The molecule has 0 amide bonds. The number of aromatic nitrogens is 1. The van der Waals surface area contributed by atoms with Gasteiger partial charge in [-0.1, -0.05) is 0 Å².